The molecule has 12 heteroatoms. The molecule has 3 aromatic carbocycles. The molecule has 2 atom stereocenters. The highest BCUT2D eigenvalue weighted by Gasteiger charge is 2.62. The van der Waals surface area contributed by atoms with Crippen LogP contribution in [-0.4, -0.2) is 48.6 Å². The normalized spacial score (nSPS) is 26.2. The molecule has 0 radical (unpaired) electrons. The summed E-state index contributed by atoms with van der Waals surface area (Å²) in [5.41, 5.74) is -1.03. The van der Waals surface area contributed by atoms with Gasteiger partial charge in [-0.2, -0.15) is 0 Å². The molecule has 7 nitrogen and oxygen atoms in total. The summed E-state index contributed by atoms with van der Waals surface area (Å²) in [4.78, 5) is 26.5. The minimum Gasteiger partial charge on any atom is -0.489 e. The number of nitrogens with zero attached hydrogens (tertiary/aromatic N) is 1. The number of benzene rings is 3. The third-order valence-electron chi connectivity index (χ3n) is 9.68. The molecule has 2 fully saturated rings. The van der Waals surface area contributed by atoms with Crippen LogP contribution in [0, 0.1) is 17.6 Å². The number of alkyl halides is 1. The summed E-state index contributed by atoms with van der Waals surface area (Å²) in [6.45, 7) is -0.184. The molecule has 0 spiro atoms. The number of carboxylic acids is 1. The Bertz CT molecular complexity index is 1740. The lowest BCUT2D eigenvalue weighted by atomic mass is 9.77. The Morgan fingerprint density at radius 1 is 1.00 bits per heavy atom. The van der Waals surface area contributed by atoms with Gasteiger partial charge in [0.05, 0.1) is 21.9 Å². The molecule has 0 unspecified atom stereocenters. The highest BCUT2D eigenvalue weighted by molar-refractivity contribution is 7.92. The molecule has 1 saturated carbocycles. The molecule has 3 aromatic rings. The summed E-state index contributed by atoms with van der Waals surface area (Å²) >= 11 is 6.14. The average molecular weight is 662 g/mol. The molecule has 1 amide bonds. The van der Waals surface area contributed by atoms with Crippen molar-refractivity contribution in [1.82, 2.24) is 4.90 Å². The van der Waals surface area contributed by atoms with Gasteiger partial charge in [0, 0.05) is 12.1 Å². The number of ether oxygens (including phenoxy) is 1. The first kappa shape index (κ1) is 31.4. The van der Waals surface area contributed by atoms with Gasteiger partial charge in [-0.15, -0.1) is 0 Å². The van der Waals surface area contributed by atoms with Gasteiger partial charge in [-0.1, -0.05) is 23.7 Å². The van der Waals surface area contributed by atoms with Gasteiger partial charge < -0.3 is 14.7 Å². The van der Waals surface area contributed by atoms with Crippen LogP contribution in [-0.2, 0) is 37.2 Å². The van der Waals surface area contributed by atoms with E-state index in [4.69, 9.17) is 16.3 Å². The zero-order chi connectivity index (χ0) is 32.1. The fourth-order valence-electron chi connectivity index (χ4n) is 7.28. The number of halogens is 4. The number of amides is 1. The van der Waals surface area contributed by atoms with E-state index in [9.17, 15) is 31.9 Å². The van der Waals surface area contributed by atoms with Crippen molar-refractivity contribution in [3.05, 3.63) is 94.0 Å². The molecule has 0 bridgehead atoms. The third-order valence-corrected chi connectivity index (χ3v) is 12.6. The van der Waals surface area contributed by atoms with Crippen molar-refractivity contribution in [2.24, 2.45) is 5.92 Å². The van der Waals surface area contributed by atoms with Gasteiger partial charge in [0.25, 0.3) is 5.91 Å². The number of aryl methyl sites for hydroxylation is 1. The minimum atomic E-state index is -4.28. The maximum Gasteiger partial charge on any atom is 0.306 e. The number of sulfone groups is 1. The van der Waals surface area contributed by atoms with Crippen molar-refractivity contribution in [3.8, 4) is 5.75 Å². The molecule has 0 aromatic heterocycles. The average Bonchev–Trinajstić information content (AvgIpc) is 3.42. The van der Waals surface area contributed by atoms with Gasteiger partial charge in [0.2, 0.25) is 0 Å². The summed E-state index contributed by atoms with van der Waals surface area (Å²) in [6.07, 6.45) is 0.0464. The summed E-state index contributed by atoms with van der Waals surface area (Å²) < 4.78 is 77.7. The van der Waals surface area contributed by atoms with Crippen LogP contribution in [0.4, 0.5) is 13.2 Å². The number of rotatable bonds is 7. The van der Waals surface area contributed by atoms with Gasteiger partial charge in [-0.3, -0.25) is 9.59 Å². The van der Waals surface area contributed by atoms with Crippen LogP contribution in [0.15, 0.2) is 65.6 Å². The van der Waals surface area contributed by atoms with Crippen molar-refractivity contribution < 1.29 is 41.0 Å². The fraction of sp³-hybridized carbons (Fsp3) is 0.394. The van der Waals surface area contributed by atoms with Crippen LogP contribution in [0.5, 0.6) is 5.75 Å². The molecule has 3 aliphatic rings. The number of aliphatic carboxylic acids is 1. The van der Waals surface area contributed by atoms with E-state index in [2.05, 4.69) is 0 Å². The molecular formula is C33H31ClF3NO6S. The molecule has 1 saturated heterocycles. The van der Waals surface area contributed by atoms with E-state index in [0.29, 0.717) is 23.3 Å². The summed E-state index contributed by atoms with van der Waals surface area (Å²) in [7, 11) is -4.28. The first-order chi connectivity index (χ1) is 21.4. The summed E-state index contributed by atoms with van der Waals surface area (Å²) in [6, 6.07) is 12.8. The van der Waals surface area contributed by atoms with Gasteiger partial charge in [-0.25, -0.2) is 21.6 Å². The topological polar surface area (TPSA) is 101 Å². The van der Waals surface area contributed by atoms with Crippen molar-refractivity contribution >= 4 is 33.3 Å². The Morgan fingerprint density at radius 2 is 1.71 bits per heavy atom. The van der Waals surface area contributed by atoms with Crippen molar-refractivity contribution in [1.29, 1.82) is 0 Å². The predicted molar refractivity (Wildman–Crippen MR) is 159 cm³/mol. The Morgan fingerprint density at radius 3 is 2.38 bits per heavy atom. The van der Waals surface area contributed by atoms with Crippen LogP contribution in [0.1, 0.15) is 55.2 Å². The zero-order valence-corrected chi connectivity index (χ0v) is 25.7. The van der Waals surface area contributed by atoms with Crippen molar-refractivity contribution in [2.75, 3.05) is 6.54 Å². The highest BCUT2D eigenvalue weighted by atomic mass is 35.5. The van der Waals surface area contributed by atoms with Gasteiger partial charge in [0.15, 0.2) is 15.5 Å². The Hall–Kier alpha value is -3.57. The van der Waals surface area contributed by atoms with E-state index in [0.717, 1.165) is 12.1 Å². The zero-order valence-electron chi connectivity index (χ0n) is 24.1. The molecule has 1 aliphatic heterocycles. The molecule has 238 valence electrons. The van der Waals surface area contributed by atoms with Gasteiger partial charge >= 0.3 is 5.97 Å². The number of carbonyl (C=O) groups excluding carboxylic acids is 1. The predicted octanol–water partition coefficient (Wildman–Crippen LogP) is 6.40. The monoisotopic (exact) mass is 661 g/mol. The Kier molecular flexibility index (Phi) is 8.14. The highest BCUT2D eigenvalue weighted by Crippen LogP contribution is 2.54. The van der Waals surface area contributed by atoms with Gasteiger partial charge in [-0.05, 0) is 105 Å². The number of hydrogen-bond donors (Lipinski definition) is 1. The minimum absolute atomic E-state index is 0.0127. The third kappa shape index (κ3) is 5.27. The van der Waals surface area contributed by atoms with Crippen LogP contribution >= 0.6 is 11.6 Å². The molecule has 45 heavy (non-hydrogen) atoms. The van der Waals surface area contributed by atoms with E-state index in [1.54, 1.807) is 24.3 Å². The first-order valence-corrected chi connectivity index (χ1v) is 16.7. The van der Waals surface area contributed by atoms with Crippen LogP contribution < -0.4 is 4.74 Å². The number of carboxylic acid groups (broad SMARTS) is 1. The lowest BCUT2D eigenvalue weighted by Gasteiger charge is -2.44. The number of hydrogen-bond acceptors (Lipinski definition) is 5. The van der Waals surface area contributed by atoms with E-state index < -0.39 is 55.7 Å². The largest absolute Gasteiger partial charge is 0.489 e. The smallest absolute Gasteiger partial charge is 0.306 e. The van der Waals surface area contributed by atoms with Gasteiger partial charge in [0.1, 0.15) is 28.7 Å². The molecular weight excluding hydrogens is 631 g/mol. The number of likely N-dealkylation sites (tertiary alicyclic amines) is 1. The SMILES string of the molecule is O=C(O)[C@H]1CC[C@](F)(C(=O)N2CC[C@@]3(S(=O)(=O)c4ccc(F)cc4)c4ccc(OCc5c(F)cccc5Cl)cc4CC[C@@H]23)CC1. The second-order valence-electron chi connectivity index (χ2n) is 12.0. The van der Waals surface area contributed by atoms with E-state index in [1.807, 2.05) is 0 Å². The van der Waals surface area contributed by atoms with Crippen molar-refractivity contribution in [3.63, 3.8) is 0 Å². The Balaban J connectivity index is 1.37. The second-order valence-corrected chi connectivity index (χ2v) is 14.6. The lowest BCUT2D eigenvalue weighted by Crippen LogP contribution is -2.56. The van der Waals surface area contributed by atoms with Crippen LogP contribution in [0.25, 0.3) is 0 Å². The summed E-state index contributed by atoms with van der Waals surface area (Å²) in [5, 5.41) is 9.56. The van der Waals surface area contributed by atoms with Crippen molar-refractivity contribution in [2.45, 2.75) is 72.9 Å². The Labute approximate surface area is 263 Å². The van der Waals surface area contributed by atoms with Crippen LogP contribution in [0.3, 0.4) is 0 Å². The second kappa shape index (κ2) is 11.7. The molecule has 6 rings (SSSR count). The standard InChI is InChI=1S/C33H31ClF3NO6S/c34-27-2-1-3-28(36)25(27)19-44-23-7-10-26-21(18-23)4-11-29-33(26,45(42,43)24-8-5-22(35)6-9-24)16-17-38(29)31(41)32(37)14-12-20(13-15-32)30(39)40/h1-3,5-10,18,20,29H,4,11-17,19H2,(H,39,40)/t20-,29-,32+,33-/m1/s1. The molecule has 1 heterocycles. The maximum atomic E-state index is 16.2. The maximum absolute atomic E-state index is 16.2. The fourth-order valence-corrected chi connectivity index (χ4v) is 9.86. The lowest BCUT2D eigenvalue weighted by molar-refractivity contribution is -0.153. The van der Waals surface area contributed by atoms with E-state index in [-0.39, 0.29) is 67.2 Å². The number of carbonyl (C=O) groups is 2. The van der Waals surface area contributed by atoms with E-state index >= 15 is 4.39 Å². The first-order valence-electron chi connectivity index (χ1n) is 14.8. The molecule has 1 N–H and O–H groups in total. The quantitative estimate of drug-likeness (QED) is 0.294. The summed E-state index contributed by atoms with van der Waals surface area (Å²) in [5.74, 6) is -3.35. The van der Waals surface area contributed by atoms with E-state index in [1.165, 1.54) is 29.2 Å². The van der Waals surface area contributed by atoms with Crippen LogP contribution in [0.2, 0.25) is 5.02 Å². The number of fused-ring (bicyclic) bond motifs is 3. The molecule has 2 aliphatic carbocycles.